The molecule has 142 valence electrons. The molecule has 1 saturated heterocycles. The first kappa shape index (κ1) is 18.8. The molecular formula is C16H21N3O5S2. The summed E-state index contributed by atoms with van der Waals surface area (Å²) in [6.45, 7) is 4.20. The lowest BCUT2D eigenvalue weighted by Crippen LogP contribution is -2.47. The minimum Gasteiger partial charge on any atom is -0.353 e. The maximum Gasteiger partial charge on any atom is 0.221 e. The fraction of sp³-hybridized carbons (Fsp3) is 0.500. The molecule has 0 aromatic heterocycles. The monoisotopic (exact) mass is 399 g/mol. The number of sulfone groups is 2. The Bertz CT molecular complexity index is 952. The second-order valence-corrected chi connectivity index (χ2v) is 10.9. The van der Waals surface area contributed by atoms with Crippen molar-refractivity contribution in [3.8, 4) is 0 Å². The number of anilines is 1. The quantitative estimate of drug-likeness (QED) is 0.780. The van der Waals surface area contributed by atoms with E-state index in [1.165, 1.54) is 31.2 Å². The van der Waals surface area contributed by atoms with Gasteiger partial charge in [-0.1, -0.05) is 0 Å². The zero-order valence-electron chi connectivity index (χ0n) is 14.5. The van der Waals surface area contributed by atoms with Gasteiger partial charge in [0, 0.05) is 19.2 Å². The maximum atomic E-state index is 13.1. The van der Waals surface area contributed by atoms with E-state index in [4.69, 9.17) is 0 Å². The van der Waals surface area contributed by atoms with E-state index in [1.807, 2.05) is 0 Å². The van der Waals surface area contributed by atoms with Crippen molar-refractivity contribution in [2.24, 2.45) is 4.99 Å². The zero-order valence-corrected chi connectivity index (χ0v) is 16.2. The van der Waals surface area contributed by atoms with Gasteiger partial charge in [0.2, 0.25) is 5.91 Å². The number of nitrogens with zero attached hydrogens (tertiary/aromatic N) is 2. The molecule has 2 atom stereocenters. The van der Waals surface area contributed by atoms with Gasteiger partial charge in [-0.05, 0) is 31.2 Å². The standard InChI is InChI=1S/C16H21N3O5S2/c1-11-17-7-8-19(11)15-9-25(21,22)10-16(15)26(23,24)14-5-3-13(4-6-14)18-12(2)20/h3-6,15-16H,7-10H2,1-2H3,(H,18,20)/t15-,16-/m0/s1. The Balaban J connectivity index is 1.93. The smallest absolute Gasteiger partial charge is 0.221 e. The van der Waals surface area contributed by atoms with E-state index < -0.39 is 36.7 Å². The van der Waals surface area contributed by atoms with Crippen molar-refractivity contribution in [2.45, 2.75) is 30.0 Å². The topological polar surface area (TPSA) is 113 Å². The highest BCUT2D eigenvalue weighted by Gasteiger charge is 2.49. The van der Waals surface area contributed by atoms with Crippen LogP contribution < -0.4 is 5.32 Å². The molecule has 2 heterocycles. The molecule has 0 unspecified atom stereocenters. The van der Waals surface area contributed by atoms with E-state index in [2.05, 4.69) is 10.3 Å². The minimum atomic E-state index is -3.85. The maximum absolute atomic E-state index is 13.1. The molecule has 8 nitrogen and oxygen atoms in total. The Kier molecular flexibility index (Phi) is 4.82. The first-order valence-electron chi connectivity index (χ1n) is 8.20. The van der Waals surface area contributed by atoms with E-state index in [9.17, 15) is 21.6 Å². The highest BCUT2D eigenvalue weighted by molar-refractivity contribution is 7.96. The van der Waals surface area contributed by atoms with Gasteiger partial charge in [-0.25, -0.2) is 16.8 Å². The molecule has 1 N–H and O–H groups in total. The summed E-state index contributed by atoms with van der Waals surface area (Å²) in [6, 6.07) is 5.15. The van der Waals surface area contributed by atoms with Crippen LogP contribution in [0.25, 0.3) is 0 Å². The van der Waals surface area contributed by atoms with Crippen LogP contribution >= 0.6 is 0 Å². The summed E-state index contributed by atoms with van der Waals surface area (Å²) in [5.41, 5.74) is 0.481. The number of carbonyl (C=O) groups is 1. The summed E-state index contributed by atoms with van der Waals surface area (Å²) in [7, 11) is -7.31. The second-order valence-electron chi connectivity index (χ2n) is 6.56. The zero-order chi connectivity index (χ0) is 19.1. The summed E-state index contributed by atoms with van der Waals surface area (Å²) in [6.07, 6.45) is 0. The van der Waals surface area contributed by atoms with Crippen LogP contribution in [0, 0.1) is 0 Å². The highest BCUT2D eigenvalue weighted by atomic mass is 32.2. The first-order valence-corrected chi connectivity index (χ1v) is 11.6. The Hall–Kier alpha value is -1.94. The Morgan fingerprint density at radius 1 is 1.23 bits per heavy atom. The molecule has 26 heavy (non-hydrogen) atoms. The summed E-state index contributed by atoms with van der Waals surface area (Å²) >= 11 is 0. The van der Waals surface area contributed by atoms with Crippen LogP contribution in [0.1, 0.15) is 13.8 Å². The summed E-state index contributed by atoms with van der Waals surface area (Å²) in [5.74, 6) is -0.162. The molecule has 0 spiro atoms. The van der Waals surface area contributed by atoms with Gasteiger partial charge in [0.1, 0.15) is 5.25 Å². The fourth-order valence-electron chi connectivity index (χ4n) is 3.47. The third-order valence-electron chi connectivity index (χ3n) is 4.67. The van der Waals surface area contributed by atoms with Crippen LogP contribution in [0.5, 0.6) is 0 Å². The fourth-order valence-corrected chi connectivity index (χ4v) is 8.24. The molecule has 2 aliphatic rings. The number of benzene rings is 1. The lowest BCUT2D eigenvalue weighted by Gasteiger charge is -2.29. The van der Waals surface area contributed by atoms with Crippen molar-refractivity contribution in [1.29, 1.82) is 0 Å². The lowest BCUT2D eigenvalue weighted by molar-refractivity contribution is -0.114. The molecule has 0 radical (unpaired) electrons. The van der Waals surface area contributed by atoms with Crippen LogP contribution in [0.2, 0.25) is 0 Å². The molecule has 10 heteroatoms. The van der Waals surface area contributed by atoms with Crippen molar-refractivity contribution in [3.63, 3.8) is 0 Å². The number of nitrogens with one attached hydrogen (secondary N) is 1. The third kappa shape index (κ3) is 3.61. The van der Waals surface area contributed by atoms with E-state index in [0.29, 0.717) is 24.6 Å². The SMILES string of the molecule is CC(=O)Nc1ccc(S(=O)(=O)[C@H]2CS(=O)(=O)C[C@@H]2N2CCN=C2C)cc1. The molecule has 2 aliphatic heterocycles. The van der Waals surface area contributed by atoms with Gasteiger partial charge in [0.05, 0.1) is 34.8 Å². The number of carbonyl (C=O) groups excluding carboxylic acids is 1. The average Bonchev–Trinajstić information content (AvgIpc) is 3.10. The number of hydrogen-bond donors (Lipinski definition) is 1. The van der Waals surface area contributed by atoms with Gasteiger partial charge < -0.3 is 10.2 Å². The lowest BCUT2D eigenvalue weighted by atomic mass is 10.2. The molecular weight excluding hydrogens is 378 g/mol. The van der Waals surface area contributed by atoms with Crippen LogP contribution in [-0.4, -0.2) is 69.4 Å². The number of amidine groups is 1. The first-order chi connectivity index (χ1) is 12.1. The molecule has 1 amide bonds. The van der Waals surface area contributed by atoms with Crippen LogP contribution in [0.3, 0.4) is 0 Å². The highest BCUT2D eigenvalue weighted by Crippen LogP contribution is 2.30. The van der Waals surface area contributed by atoms with Gasteiger partial charge >= 0.3 is 0 Å². The molecule has 3 rings (SSSR count). The summed E-state index contributed by atoms with van der Waals surface area (Å²) < 4.78 is 50.6. The number of amides is 1. The van der Waals surface area contributed by atoms with Gasteiger partial charge in [0.25, 0.3) is 0 Å². The third-order valence-corrected chi connectivity index (χ3v) is 8.81. The van der Waals surface area contributed by atoms with Gasteiger partial charge in [0.15, 0.2) is 19.7 Å². The largest absolute Gasteiger partial charge is 0.353 e. The predicted octanol–water partition coefficient (Wildman–Crippen LogP) is 0.318. The number of hydrogen-bond acceptors (Lipinski definition) is 7. The Morgan fingerprint density at radius 2 is 1.88 bits per heavy atom. The predicted molar refractivity (Wildman–Crippen MR) is 98.8 cm³/mol. The van der Waals surface area contributed by atoms with Crippen molar-refractivity contribution in [2.75, 3.05) is 29.9 Å². The minimum absolute atomic E-state index is 0.0486. The van der Waals surface area contributed by atoms with Crippen molar-refractivity contribution < 1.29 is 21.6 Å². The molecule has 1 aromatic carbocycles. The van der Waals surface area contributed by atoms with Crippen LogP contribution in [0.15, 0.2) is 34.2 Å². The molecule has 1 aromatic rings. The van der Waals surface area contributed by atoms with E-state index in [1.54, 1.807) is 11.8 Å². The second kappa shape index (κ2) is 6.66. The van der Waals surface area contributed by atoms with Crippen molar-refractivity contribution in [1.82, 2.24) is 4.90 Å². The summed E-state index contributed by atoms with van der Waals surface area (Å²) in [5, 5.41) is 1.53. The Morgan fingerprint density at radius 3 is 2.42 bits per heavy atom. The van der Waals surface area contributed by atoms with E-state index in [0.717, 1.165) is 0 Å². The van der Waals surface area contributed by atoms with Gasteiger partial charge in [-0.2, -0.15) is 0 Å². The molecule has 0 saturated carbocycles. The van der Waals surface area contributed by atoms with Crippen LogP contribution in [0.4, 0.5) is 5.69 Å². The molecule has 0 aliphatic carbocycles. The molecule has 1 fully saturated rings. The van der Waals surface area contributed by atoms with E-state index in [-0.39, 0.29) is 16.6 Å². The Labute approximate surface area is 153 Å². The normalized spacial score (nSPS) is 25.2. The molecule has 0 bridgehead atoms. The average molecular weight is 399 g/mol. The van der Waals surface area contributed by atoms with Gasteiger partial charge in [-0.3, -0.25) is 9.79 Å². The number of rotatable bonds is 4. The van der Waals surface area contributed by atoms with Gasteiger partial charge in [-0.15, -0.1) is 0 Å². The van der Waals surface area contributed by atoms with Crippen molar-refractivity contribution >= 4 is 37.1 Å². The van der Waals surface area contributed by atoms with Crippen molar-refractivity contribution in [3.05, 3.63) is 24.3 Å². The number of aliphatic imine (C=N–C) groups is 1. The van der Waals surface area contributed by atoms with E-state index >= 15 is 0 Å². The summed E-state index contributed by atoms with van der Waals surface area (Å²) in [4.78, 5) is 17.2. The van der Waals surface area contributed by atoms with Crippen LogP contribution in [-0.2, 0) is 24.5 Å².